The second-order valence-electron chi connectivity index (χ2n) is 7.38. The average molecular weight is 447 g/mol. The Kier molecular flexibility index (Phi) is 5.63. The summed E-state index contributed by atoms with van der Waals surface area (Å²) in [6, 6.07) is 3.45. The highest BCUT2D eigenvalue weighted by molar-refractivity contribution is 8.00. The van der Waals surface area contributed by atoms with Crippen molar-refractivity contribution in [3.8, 4) is 5.75 Å². The second-order valence-corrected chi connectivity index (χ2v) is 8.48. The molecule has 0 bridgehead atoms. The van der Waals surface area contributed by atoms with E-state index in [1.807, 2.05) is 6.07 Å². The van der Waals surface area contributed by atoms with Crippen LogP contribution in [-0.2, 0) is 30.3 Å². The van der Waals surface area contributed by atoms with Gasteiger partial charge in [-0.1, -0.05) is 6.07 Å². The predicted molar refractivity (Wildman–Crippen MR) is 109 cm³/mol. The van der Waals surface area contributed by atoms with Crippen LogP contribution in [0.3, 0.4) is 0 Å². The molecule has 0 saturated carbocycles. The Morgan fingerprint density at radius 3 is 2.90 bits per heavy atom. The fourth-order valence-corrected chi connectivity index (χ4v) is 5.10. The summed E-state index contributed by atoms with van der Waals surface area (Å²) in [6.07, 6.45) is 0.742. The number of nitrogens with two attached hydrogens (primary N) is 1. The van der Waals surface area contributed by atoms with Gasteiger partial charge in [-0.05, 0) is 23.3 Å². The van der Waals surface area contributed by atoms with Gasteiger partial charge in [0, 0.05) is 24.7 Å². The number of ether oxygens (including phenoxy) is 2. The third-order valence-corrected chi connectivity index (χ3v) is 6.69. The van der Waals surface area contributed by atoms with Crippen molar-refractivity contribution in [2.24, 2.45) is 5.73 Å². The zero-order chi connectivity index (χ0) is 22.3. The number of fused-ring (bicyclic) bond motifs is 2. The van der Waals surface area contributed by atoms with Crippen molar-refractivity contribution in [1.29, 1.82) is 0 Å². The van der Waals surface area contributed by atoms with Crippen LogP contribution in [0.4, 0.5) is 0 Å². The molecule has 31 heavy (non-hydrogen) atoms. The first-order valence-electron chi connectivity index (χ1n) is 9.63. The molecular weight excluding hydrogens is 426 g/mol. The first-order chi connectivity index (χ1) is 14.8. The summed E-state index contributed by atoms with van der Waals surface area (Å²) in [5, 5.41) is 11.7. The monoisotopic (exact) mass is 447 g/mol. The van der Waals surface area contributed by atoms with Crippen molar-refractivity contribution in [2.75, 3.05) is 19.0 Å². The quantitative estimate of drug-likeness (QED) is 0.402. The molecule has 1 aromatic carbocycles. The predicted octanol–water partition coefficient (Wildman–Crippen LogP) is -0.0770. The summed E-state index contributed by atoms with van der Waals surface area (Å²) in [4.78, 5) is 49.3. The Morgan fingerprint density at radius 2 is 2.19 bits per heavy atom. The molecule has 0 aliphatic carbocycles. The minimum atomic E-state index is -1.29. The van der Waals surface area contributed by atoms with Crippen LogP contribution >= 0.6 is 11.8 Å². The normalized spacial score (nSPS) is 22.6. The lowest BCUT2D eigenvalue weighted by Crippen LogP contribution is -2.71. The number of benzene rings is 1. The number of carboxylic acids is 1. The highest BCUT2D eigenvalue weighted by Crippen LogP contribution is 2.40. The van der Waals surface area contributed by atoms with E-state index in [4.69, 9.17) is 15.2 Å². The molecule has 0 spiro atoms. The van der Waals surface area contributed by atoms with Crippen molar-refractivity contribution in [1.82, 2.24) is 10.2 Å². The van der Waals surface area contributed by atoms with E-state index in [0.29, 0.717) is 17.7 Å². The van der Waals surface area contributed by atoms with Crippen molar-refractivity contribution in [3.63, 3.8) is 0 Å². The molecule has 1 saturated heterocycles. The molecule has 4 rings (SSSR count). The Hall–Kier alpha value is -3.05. The van der Waals surface area contributed by atoms with Gasteiger partial charge in [0.1, 0.15) is 35.5 Å². The lowest BCUT2D eigenvalue weighted by molar-refractivity contribution is -0.151. The minimum absolute atomic E-state index is 0.204. The third kappa shape index (κ3) is 3.86. The average Bonchev–Trinajstić information content (AvgIpc) is 3.22. The van der Waals surface area contributed by atoms with Crippen LogP contribution in [-0.4, -0.2) is 64.1 Å². The molecule has 164 valence electrons. The number of hydrogen-bond donors (Lipinski definition) is 3. The van der Waals surface area contributed by atoms with E-state index in [1.54, 1.807) is 12.1 Å². The van der Waals surface area contributed by atoms with Gasteiger partial charge >= 0.3 is 11.9 Å². The van der Waals surface area contributed by atoms with Crippen LogP contribution in [0.25, 0.3) is 0 Å². The first kappa shape index (κ1) is 21.2. The lowest BCUT2D eigenvalue weighted by atomic mass is 10.00. The highest BCUT2D eigenvalue weighted by atomic mass is 32.2. The topological polar surface area (TPSA) is 148 Å². The molecule has 11 heteroatoms. The third-order valence-electron chi connectivity index (χ3n) is 5.35. The van der Waals surface area contributed by atoms with Gasteiger partial charge < -0.3 is 25.6 Å². The standard InChI is InChI=1S/C20H21N3O7S/c1-9(24)30-7-12-8-31-19-15(18(26)23(19)16(12)20(27)28)22-17(25)14(21)11-2-3-13-10(6-11)4-5-29-13/h2-3,6,14-15,19H,4-5,7-8,21H2,1H3,(H,22,25)(H,27,28). The van der Waals surface area contributed by atoms with E-state index in [-0.39, 0.29) is 18.1 Å². The highest BCUT2D eigenvalue weighted by Gasteiger charge is 2.54. The molecule has 1 aromatic rings. The van der Waals surface area contributed by atoms with Gasteiger partial charge in [0.15, 0.2) is 0 Å². The number of β-lactam (4-membered cyclic amide) rings is 1. The largest absolute Gasteiger partial charge is 0.493 e. The number of nitrogens with one attached hydrogen (secondary N) is 1. The molecule has 10 nitrogen and oxygen atoms in total. The maximum Gasteiger partial charge on any atom is 0.352 e. The van der Waals surface area contributed by atoms with Crippen LogP contribution in [0.15, 0.2) is 29.5 Å². The fourth-order valence-electron chi connectivity index (χ4n) is 3.78. The van der Waals surface area contributed by atoms with Crippen LogP contribution < -0.4 is 15.8 Å². The number of aliphatic carboxylic acids is 1. The van der Waals surface area contributed by atoms with Crippen molar-refractivity contribution in [2.45, 2.75) is 30.8 Å². The number of esters is 1. The smallest absolute Gasteiger partial charge is 0.352 e. The number of nitrogens with zero attached hydrogens (tertiary/aromatic N) is 1. The molecule has 2 amide bonds. The summed E-state index contributed by atoms with van der Waals surface area (Å²) >= 11 is 1.29. The molecule has 3 heterocycles. The van der Waals surface area contributed by atoms with Gasteiger partial charge in [-0.2, -0.15) is 0 Å². The van der Waals surface area contributed by atoms with Crippen LogP contribution in [0.1, 0.15) is 24.1 Å². The molecule has 4 N–H and O–H groups in total. The summed E-state index contributed by atoms with van der Waals surface area (Å²) in [7, 11) is 0. The number of carbonyl (C=O) groups is 4. The van der Waals surface area contributed by atoms with Crippen LogP contribution in [0.5, 0.6) is 5.75 Å². The summed E-state index contributed by atoms with van der Waals surface area (Å²) in [5.74, 6) is -1.87. The van der Waals surface area contributed by atoms with Crippen molar-refractivity contribution < 1.29 is 33.8 Å². The molecule has 3 aliphatic heterocycles. The summed E-state index contributed by atoms with van der Waals surface area (Å²) < 4.78 is 10.4. The van der Waals surface area contributed by atoms with Gasteiger partial charge in [-0.25, -0.2) is 4.79 Å². The molecule has 0 aromatic heterocycles. The van der Waals surface area contributed by atoms with Gasteiger partial charge in [-0.3, -0.25) is 19.3 Å². The van der Waals surface area contributed by atoms with Gasteiger partial charge in [0.05, 0.1) is 6.61 Å². The zero-order valence-corrected chi connectivity index (χ0v) is 17.4. The van der Waals surface area contributed by atoms with E-state index in [9.17, 15) is 24.3 Å². The maximum absolute atomic E-state index is 12.7. The minimum Gasteiger partial charge on any atom is -0.493 e. The van der Waals surface area contributed by atoms with E-state index < -0.39 is 41.2 Å². The number of carboxylic acid groups (broad SMARTS) is 1. The van der Waals surface area contributed by atoms with E-state index in [2.05, 4.69) is 5.32 Å². The van der Waals surface area contributed by atoms with Crippen LogP contribution in [0, 0.1) is 0 Å². The van der Waals surface area contributed by atoms with Gasteiger partial charge in [0.2, 0.25) is 5.91 Å². The number of thioether (sulfide) groups is 1. The van der Waals surface area contributed by atoms with E-state index in [0.717, 1.165) is 22.6 Å². The second kappa shape index (κ2) is 8.23. The molecule has 1 fully saturated rings. The number of rotatable bonds is 6. The Balaban J connectivity index is 1.45. The van der Waals surface area contributed by atoms with E-state index in [1.165, 1.54) is 18.7 Å². The van der Waals surface area contributed by atoms with Crippen molar-refractivity contribution >= 4 is 35.5 Å². The number of carbonyl (C=O) groups excluding carboxylic acids is 3. The van der Waals surface area contributed by atoms with Gasteiger partial charge in [0.25, 0.3) is 5.91 Å². The SMILES string of the molecule is CC(=O)OCC1=C(C(=O)O)N2C(=O)C(NC(=O)C(N)c3ccc4c(c3)CCO4)C2SC1. The molecule has 0 radical (unpaired) electrons. The zero-order valence-electron chi connectivity index (χ0n) is 16.6. The Morgan fingerprint density at radius 1 is 1.42 bits per heavy atom. The van der Waals surface area contributed by atoms with Crippen molar-refractivity contribution in [3.05, 3.63) is 40.6 Å². The summed E-state index contributed by atoms with van der Waals surface area (Å²) in [5.41, 5.74) is 7.82. The first-order valence-corrected chi connectivity index (χ1v) is 10.7. The Labute approximate surface area is 181 Å². The Bertz CT molecular complexity index is 1010. The fraction of sp³-hybridized carbons (Fsp3) is 0.400. The maximum atomic E-state index is 12.7. The summed E-state index contributed by atoms with van der Waals surface area (Å²) in [6.45, 7) is 1.60. The molecular formula is C20H21N3O7S. The number of amides is 2. The number of hydrogen-bond acceptors (Lipinski definition) is 8. The molecule has 3 atom stereocenters. The van der Waals surface area contributed by atoms with Crippen LogP contribution in [0.2, 0.25) is 0 Å². The van der Waals surface area contributed by atoms with Gasteiger partial charge in [-0.15, -0.1) is 11.8 Å². The molecule has 3 unspecified atom stereocenters. The lowest BCUT2D eigenvalue weighted by Gasteiger charge is -2.49. The molecule has 3 aliphatic rings. The van der Waals surface area contributed by atoms with E-state index >= 15 is 0 Å².